The standard InChI is InChI=1S/C8H10F5N5/c9-7(10,8(11,12)13)3-1-2-4-16-5(14)18-6(15)17-4/h1-3H2,(H4,14,15,16,17,18). The SMILES string of the molecule is Nc1nc(N)nc(CCCC(F)(F)C(F)(F)F)n1. The van der Waals surface area contributed by atoms with Gasteiger partial charge in [-0.15, -0.1) is 0 Å². The monoisotopic (exact) mass is 271 g/mol. The lowest BCUT2D eigenvalue weighted by molar-refractivity contribution is -0.284. The van der Waals surface area contributed by atoms with Crippen LogP contribution in [0.5, 0.6) is 0 Å². The van der Waals surface area contributed by atoms with Gasteiger partial charge in [0, 0.05) is 12.8 Å². The van der Waals surface area contributed by atoms with Gasteiger partial charge in [-0.1, -0.05) is 0 Å². The first-order valence-corrected chi connectivity index (χ1v) is 4.82. The maximum atomic E-state index is 12.6. The highest BCUT2D eigenvalue weighted by Crippen LogP contribution is 2.38. The van der Waals surface area contributed by atoms with E-state index in [9.17, 15) is 22.0 Å². The van der Waals surface area contributed by atoms with Crippen LogP contribution >= 0.6 is 0 Å². The number of rotatable bonds is 4. The average Bonchev–Trinajstić information content (AvgIpc) is 2.13. The normalized spacial score (nSPS) is 12.7. The van der Waals surface area contributed by atoms with Crippen LogP contribution in [-0.2, 0) is 6.42 Å². The van der Waals surface area contributed by atoms with E-state index in [2.05, 4.69) is 15.0 Å². The molecule has 102 valence electrons. The summed E-state index contributed by atoms with van der Waals surface area (Å²) in [6.45, 7) is 0. The number of nitrogen functional groups attached to an aromatic ring is 2. The summed E-state index contributed by atoms with van der Waals surface area (Å²) in [5, 5.41) is 0. The summed E-state index contributed by atoms with van der Waals surface area (Å²) in [6.07, 6.45) is -7.54. The van der Waals surface area contributed by atoms with Gasteiger partial charge in [-0.25, -0.2) is 0 Å². The summed E-state index contributed by atoms with van der Waals surface area (Å²) in [6, 6.07) is 0. The molecular formula is C8H10F5N5. The van der Waals surface area contributed by atoms with Crippen LogP contribution in [0.1, 0.15) is 18.7 Å². The predicted octanol–water partition coefficient (Wildman–Crippen LogP) is 1.56. The van der Waals surface area contributed by atoms with E-state index >= 15 is 0 Å². The first kappa shape index (κ1) is 14.3. The number of aryl methyl sites for hydroxylation is 1. The van der Waals surface area contributed by atoms with Gasteiger partial charge in [-0.05, 0) is 6.42 Å². The van der Waals surface area contributed by atoms with Crippen LogP contribution in [0.25, 0.3) is 0 Å². The van der Waals surface area contributed by atoms with Gasteiger partial charge < -0.3 is 11.5 Å². The largest absolute Gasteiger partial charge is 0.453 e. The van der Waals surface area contributed by atoms with Crippen molar-refractivity contribution in [3.8, 4) is 0 Å². The summed E-state index contributed by atoms with van der Waals surface area (Å²) in [7, 11) is 0. The third kappa shape index (κ3) is 3.64. The number of anilines is 2. The van der Waals surface area contributed by atoms with Crippen LogP contribution in [0.3, 0.4) is 0 Å². The molecule has 0 unspecified atom stereocenters. The molecule has 0 fully saturated rings. The molecule has 0 saturated heterocycles. The van der Waals surface area contributed by atoms with Crippen molar-refractivity contribution < 1.29 is 22.0 Å². The third-order valence-electron chi connectivity index (χ3n) is 2.02. The molecule has 0 atom stereocenters. The topological polar surface area (TPSA) is 90.7 Å². The number of hydrogen-bond acceptors (Lipinski definition) is 5. The lowest BCUT2D eigenvalue weighted by Gasteiger charge is -2.18. The zero-order valence-electron chi connectivity index (χ0n) is 9.01. The number of hydrogen-bond donors (Lipinski definition) is 2. The maximum absolute atomic E-state index is 12.6. The van der Waals surface area contributed by atoms with Crippen LogP contribution < -0.4 is 11.5 Å². The van der Waals surface area contributed by atoms with Gasteiger partial charge in [0.25, 0.3) is 0 Å². The molecule has 0 spiro atoms. The van der Waals surface area contributed by atoms with Gasteiger partial charge in [-0.3, -0.25) is 0 Å². The second-order valence-electron chi connectivity index (χ2n) is 3.52. The van der Waals surface area contributed by atoms with Crippen molar-refractivity contribution in [2.45, 2.75) is 31.4 Å². The summed E-state index contributed by atoms with van der Waals surface area (Å²) in [4.78, 5) is 10.6. The summed E-state index contributed by atoms with van der Waals surface area (Å²) in [5.41, 5.74) is 10.4. The molecular weight excluding hydrogens is 261 g/mol. The van der Waals surface area contributed by atoms with Crippen LogP contribution in [-0.4, -0.2) is 27.1 Å². The predicted molar refractivity (Wildman–Crippen MR) is 52.6 cm³/mol. The summed E-state index contributed by atoms with van der Waals surface area (Å²) >= 11 is 0. The Morgan fingerprint density at radius 2 is 1.39 bits per heavy atom. The first-order valence-electron chi connectivity index (χ1n) is 4.82. The van der Waals surface area contributed by atoms with Gasteiger partial charge in [0.1, 0.15) is 5.82 Å². The van der Waals surface area contributed by atoms with Crippen molar-refractivity contribution in [2.24, 2.45) is 0 Å². The van der Waals surface area contributed by atoms with E-state index in [0.29, 0.717) is 0 Å². The van der Waals surface area contributed by atoms with E-state index in [1.54, 1.807) is 0 Å². The maximum Gasteiger partial charge on any atom is 0.453 e. The van der Waals surface area contributed by atoms with Crippen LogP contribution in [0.4, 0.5) is 33.8 Å². The molecule has 0 aliphatic heterocycles. The number of nitrogens with two attached hydrogens (primary N) is 2. The average molecular weight is 271 g/mol. The Morgan fingerprint density at radius 3 is 1.83 bits per heavy atom. The Morgan fingerprint density at radius 1 is 0.889 bits per heavy atom. The number of nitrogens with zero attached hydrogens (tertiary/aromatic N) is 3. The molecule has 1 aromatic heterocycles. The van der Waals surface area contributed by atoms with Crippen molar-refractivity contribution in [3.05, 3.63) is 5.82 Å². The zero-order chi connectivity index (χ0) is 14.0. The Bertz CT molecular complexity index is 399. The minimum Gasteiger partial charge on any atom is -0.368 e. The molecule has 5 nitrogen and oxygen atoms in total. The van der Waals surface area contributed by atoms with E-state index in [-0.39, 0.29) is 24.1 Å². The molecule has 18 heavy (non-hydrogen) atoms. The number of alkyl halides is 5. The van der Waals surface area contributed by atoms with E-state index in [1.807, 2.05) is 0 Å². The molecule has 0 saturated carbocycles. The van der Waals surface area contributed by atoms with E-state index < -0.39 is 24.9 Å². The molecule has 4 N–H and O–H groups in total. The van der Waals surface area contributed by atoms with Crippen LogP contribution in [0.15, 0.2) is 0 Å². The fraction of sp³-hybridized carbons (Fsp3) is 0.625. The Hall–Kier alpha value is -1.74. The van der Waals surface area contributed by atoms with Crippen molar-refractivity contribution in [3.63, 3.8) is 0 Å². The lowest BCUT2D eigenvalue weighted by Crippen LogP contribution is -2.36. The second kappa shape index (κ2) is 4.86. The second-order valence-corrected chi connectivity index (χ2v) is 3.52. The summed E-state index contributed by atoms with van der Waals surface area (Å²) in [5.74, 6) is -5.16. The molecule has 1 heterocycles. The zero-order valence-corrected chi connectivity index (χ0v) is 9.01. The lowest BCUT2D eigenvalue weighted by atomic mass is 10.1. The van der Waals surface area contributed by atoms with E-state index in [1.165, 1.54) is 0 Å². The Balaban J connectivity index is 2.57. The van der Waals surface area contributed by atoms with Gasteiger partial charge >= 0.3 is 12.1 Å². The molecule has 10 heteroatoms. The molecule has 1 rings (SSSR count). The minimum absolute atomic E-state index is 0.0158. The molecule has 0 radical (unpaired) electrons. The number of aromatic nitrogens is 3. The minimum atomic E-state index is -5.55. The molecule has 0 aromatic carbocycles. The van der Waals surface area contributed by atoms with Gasteiger partial charge in [0.2, 0.25) is 11.9 Å². The Kier molecular flexibility index (Phi) is 3.87. The molecule has 1 aromatic rings. The van der Waals surface area contributed by atoms with Crippen molar-refractivity contribution in [1.82, 2.24) is 15.0 Å². The van der Waals surface area contributed by atoms with E-state index in [0.717, 1.165) is 0 Å². The quantitative estimate of drug-likeness (QED) is 0.811. The highest BCUT2D eigenvalue weighted by molar-refractivity contribution is 5.25. The highest BCUT2D eigenvalue weighted by Gasteiger charge is 2.56. The third-order valence-corrected chi connectivity index (χ3v) is 2.02. The van der Waals surface area contributed by atoms with Crippen molar-refractivity contribution in [2.75, 3.05) is 11.5 Å². The van der Waals surface area contributed by atoms with Crippen molar-refractivity contribution >= 4 is 11.9 Å². The van der Waals surface area contributed by atoms with Crippen molar-refractivity contribution in [1.29, 1.82) is 0 Å². The number of halogens is 5. The molecule has 0 bridgehead atoms. The molecule has 0 amide bonds. The highest BCUT2D eigenvalue weighted by atomic mass is 19.4. The van der Waals surface area contributed by atoms with Crippen LogP contribution in [0, 0.1) is 0 Å². The summed E-state index contributed by atoms with van der Waals surface area (Å²) < 4.78 is 60.7. The smallest absolute Gasteiger partial charge is 0.368 e. The fourth-order valence-corrected chi connectivity index (χ4v) is 1.18. The van der Waals surface area contributed by atoms with Gasteiger partial charge in [0.15, 0.2) is 0 Å². The first-order chi connectivity index (χ1) is 8.12. The molecule has 0 aliphatic carbocycles. The van der Waals surface area contributed by atoms with Gasteiger partial charge in [-0.2, -0.15) is 36.9 Å². The fourth-order valence-electron chi connectivity index (χ4n) is 1.18. The van der Waals surface area contributed by atoms with Crippen LogP contribution in [0.2, 0.25) is 0 Å². The molecule has 0 aliphatic rings. The Labute approximate surface area is 98.4 Å². The van der Waals surface area contributed by atoms with Gasteiger partial charge in [0.05, 0.1) is 0 Å². The van der Waals surface area contributed by atoms with E-state index in [4.69, 9.17) is 11.5 Å².